The van der Waals surface area contributed by atoms with Gasteiger partial charge >= 0.3 is 6.03 Å². The minimum atomic E-state index is -1.27. The molecular formula is C16H11N2O5-. The highest BCUT2D eigenvalue weighted by atomic mass is 16.4. The second-order valence-electron chi connectivity index (χ2n) is 4.92. The summed E-state index contributed by atoms with van der Waals surface area (Å²) in [6, 6.07) is 8.89. The van der Waals surface area contributed by atoms with Crippen molar-refractivity contribution in [2.45, 2.75) is 0 Å². The molecule has 0 saturated carbocycles. The lowest BCUT2D eigenvalue weighted by molar-refractivity contribution is -0.255. The van der Waals surface area contributed by atoms with Gasteiger partial charge in [-0.1, -0.05) is 18.2 Å². The molecule has 1 N–H and O–H groups in total. The average molecular weight is 311 g/mol. The van der Waals surface area contributed by atoms with Gasteiger partial charge in [-0.3, -0.25) is 9.69 Å². The van der Waals surface area contributed by atoms with Crippen LogP contribution in [0.2, 0.25) is 0 Å². The van der Waals surface area contributed by atoms with Crippen molar-refractivity contribution < 1.29 is 23.9 Å². The number of amides is 3. The van der Waals surface area contributed by atoms with Crippen molar-refractivity contribution in [3.05, 3.63) is 53.4 Å². The maximum absolute atomic E-state index is 11.8. The molecule has 0 aliphatic carbocycles. The number of aromatic carboxylic acids is 1. The van der Waals surface area contributed by atoms with E-state index < -0.39 is 17.9 Å². The van der Waals surface area contributed by atoms with Gasteiger partial charge in [-0.15, -0.1) is 0 Å². The lowest BCUT2D eigenvalue weighted by Crippen LogP contribution is -2.25. The Morgan fingerprint density at radius 2 is 2.04 bits per heavy atom. The molecule has 7 nitrogen and oxygen atoms in total. The van der Waals surface area contributed by atoms with Gasteiger partial charge in [-0.2, -0.15) is 0 Å². The largest absolute Gasteiger partial charge is 0.545 e. The van der Waals surface area contributed by atoms with Gasteiger partial charge in [0.05, 0.1) is 5.97 Å². The topological polar surface area (TPSA) is 103 Å². The summed E-state index contributed by atoms with van der Waals surface area (Å²) in [6.45, 7) is 0. The Labute approximate surface area is 130 Å². The van der Waals surface area contributed by atoms with E-state index in [4.69, 9.17) is 4.42 Å². The van der Waals surface area contributed by atoms with Crippen LogP contribution in [0.5, 0.6) is 0 Å². The second kappa shape index (κ2) is 5.45. The van der Waals surface area contributed by atoms with E-state index in [9.17, 15) is 19.5 Å². The molecule has 0 bridgehead atoms. The minimum Gasteiger partial charge on any atom is -0.545 e. The highest BCUT2D eigenvalue weighted by molar-refractivity contribution is 6.13. The molecule has 0 atom stereocenters. The SMILES string of the molecule is CN1C(=O)N/C(=C\c2ccc(-c3cccc(C(=O)[O-])c3)o2)C1=O. The van der Waals surface area contributed by atoms with Gasteiger partial charge in [0.1, 0.15) is 17.2 Å². The minimum absolute atomic E-state index is 0.0404. The predicted octanol–water partition coefficient (Wildman–Crippen LogP) is 0.833. The fraction of sp³-hybridized carbons (Fsp3) is 0.0625. The van der Waals surface area contributed by atoms with Crippen molar-refractivity contribution in [3.8, 4) is 11.3 Å². The van der Waals surface area contributed by atoms with Gasteiger partial charge in [-0.25, -0.2) is 4.79 Å². The number of rotatable bonds is 3. The Morgan fingerprint density at radius 1 is 1.26 bits per heavy atom. The van der Waals surface area contributed by atoms with Crippen molar-refractivity contribution in [1.29, 1.82) is 0 Å². The predicted molar refractivity (Wildman–Crippen MR) is 77.8 cm³/mol. The van der Waals surface area contributed by atoms with Crippen LogP contribution in [0.4, 0.5) is 4.79 Å². The first-order valence-electron chi connectivity index (χ1n) is 6.68. The lowest BCUT2D eigenvalue weighted by Gasteiger charge is -2.03. The highest BCUT2D eigenvalue weighted by Gasteiger charge is 2.30. The van der Waals surface area contributed by atoms with Crippen molar-refractivity contribution in [2.24, 2.45) is 0 Å². The number of hydrogen-bond acceptors (Lipinski definition) is 5. The van der Waals surface area contributed by atoms with Crippen LogP contribution in [0.15, 0.2) is 46.5 Å². The first-order valence-corrected chi connectivity index (χ1v) is 6.68. The summed E-state index contributed by atoms with van der Waals surface area (Å²) in [6.07, 6.45) is 1.41. The fourth-order valence-electron chi connectivity index (χ4n) is 2.15. The Balaban J connectivity index is 1.90. The summed E-state index contributed by atoms with van der Waals surface area (Å²) < 4.78 is 5.57. The maximum Gasteiger partial charge on any atom is 0.328 e. The molecule has 2 aromatic rings. The summed E-state index contributed by atoms with van der Waals surface area (Å²) in [5, 5.41) is 13.3. The van der Waals surface area contributed by atoms with Crippen molar-refractivity contribution in [2.75, 3.05) is 7.05 Å². The zero-order valence-electron chi connectivity index (χ0n) is 12.0. The summed E-state index contributed by atoms with van der Waals surface area (Å²) in [4.78, 5) is 35.0. The number of nitrogens with zero attached hydrogens (tertiary/aromatic N) is 1. The third-order valence-corrected chi connectivity index (χ3v) is 3.38. The molecule has 3 amide bonds. The molecule has 2 heterocycles. The molecule has 1 fully saturated rings. The quantitative estimate of drug-likeness (QED) is 0.668. The fourth-order valence-corrected chi connectivity index (χ4v) is 2.15. The number of carbonyl (C=O) groups excluding carboxylic acids is 3. The van der Waals surface area contributed by atoms with E-state index in [0.29, 0.717) is 17.1 Å². The van der Waals surface area contributed by atoms with E-state index in [1.807, 2.05) is 0 Å². The van der Waals surface area contributed by atoms with Crippen LogP contribution in [0, 0.1) is 0 Å². The van der Waals surface area contributed by atoms with Crippen LogP contribution >= 0.6 is 0 Å². The zero-order chi connectivity index (χ0) is 16.6. The number of urea groups is 1. The van der Waals surface area contributed by atoms with Gasteiger partial charge in [0.25, 0.3) is 5.91 Å². The van der Waals surface area contributed by atoms with Crippen LogP contribution in [-0.4, -0.2) is 29.9 Å². The van der Waals surface area contributed by atoms with Crippen LogP contribution < -0.4 is 10.4 Å². The molecule has 23 heavy (non-hydrogen) atoms. The molecule has 1 aromatic carbocycles. The third-order valence-electron chi connectivity index (χ3n) is 3.38. The standard InChI is InChI=1S/C16H12N2O5/c1-18-14(19)12(17-16(18)22)8-11-5-6-13(23-11)9-3-2-4-10(7-9)15(20)21/h2-8H,1H3,(H,17,22)(H,20,21)/p-1/b12-8-. The van der Waals surface area contributed by atoms with Gasteiger partial charge in [0.2, 0.25) is 0 Å². The molecule has 0 spiro atoms. The number of nitrogens with one attached hydrogen (secondary N) is 1. The number of carboxylic acid groups (broad SMARTS) is 1. The first kappa shape index (κ1) is 14.6. The third kappa shape index (κ3) is 2.71. The number of hydrogen-bond donors (Lipinski definition) is 1. The molecule has 116 valence electrons. The number of carboxylic acids is 1. The van der Waals surface area contributed by atoms with Crippen LogP contribution in [0.25, 0.3) is 17.4 Å². The average Bonchev–Trinajstić information content (AvgIpc) is 3.09. The molecule has 0 radical (unpaired) electrons. The number of carbonyl (C=O) groups is 3. The van der Waals surface area contributed by atoms with Crippen molar-refractivity contribution in [1.82, 2.24) is 10.2 Å². The van der Waals surface area contributed by atoms with Crippen molar-refractivity contribution >= 4 is 24.0 Å². The highest BCUT2D eigenvalue weighted by Crippen LogP contribution is 2.24. The Kier molecular flexibility index (Phi) is 3.46. The summed E-state index contributed by atoms with van der Waals surface area (Å²) in [5.41, 5.74) is 0.718. The Morgan fingerprint density at radius 3 is 2.70 bits per heavy atom. The molecular weight excluding hydrogens is 300 g/mol. The molecule has 1 aliphatic heterocycles. The molecule has 0 unspecified atom stereocenters. The van der Waals surface area contributed by atoms with E-state index in [1.54, 1.807) is 24.3 Å². The number of likely N-dealkylation sites (N-methyl/N-ethyl adjacent to an activating group) is 1. The van der Waals surface area contributed by atoms with Crippen LogP contribution in [-0.2, 0) is 4.79 Å². The summed E-state index contributed by atoms with van der Waals surface area (Å²) in [7, 11) is 1.37. The molecule has 1 aliphatic rings. The molecule has 1 saturated heterocycles. The number of furan rings is 1. The Hall–Kier alpha value is -3.35. The van der Waals surface area contributed by atoms with Crippen molar-refractivity contribution in [3.63, 3.8) is 0 Å². The van der Waals surface area contributed by atoms with Gasteiger partial charge in [-0.05, 0) is 23.8 Å². The van der Waals surface area contributed by atoms with Gasteiger partial charge in [0, 0.05) is 18.7 Å². The monoisotopic (exact) mass is 311 g/mol. The van der Waals surface area contributed by atoms with Crippen LogP contribution in [0.3, 0.4) is 0 Å². The lowest BCUT2D eigenvalue weighted by atomic mass is 10.1. The van der Waals surface area contributed by atoms with Gasteiger partial charge < -0.3 is 19.6 Å². The van der Waals surface area contributed by atoms with Crippen LogP contribution in [0.1, 0.15) is 16.1 Å². The number of benzene rings is 1. The zero-order valence-corrected chi connectivity index (χ0v) is 12.0. The molecule has 1 aromatic heterocycles. The molecule has 3 rings (SSSR count). The van der Waals surface area contributed by atoms with E-state index in [2.05, 4.69) is 5.32 Å². The van der Waals surface area contributed by atoms with E-state index in [0.717, 1.165) is 4.90 Å². The normalized spacial score (nSPS) is 16.0. The summed E-state index contributed by atoms with van der Waals surface area (Å²) >= 11 is 0. The first-order chi connectivity index (χ1) is 11.0. The molecule has 7 heteroatoms. The number of imide groups is 1. The van der Waals surface area contributed by atoms with E-state index in [1.165, 1.54) is 25.3 Å². The van der Waals surface area contributed by atoms with E-state index >= 15 is 0 Å². The smallest absolute Gasteiger partial charge is 0.328 e. The van der Waals surface area contributed by atoms with E-state index in [-0.39, 0.29) is 11.3 Å². The maximum atomic E-state index is 11.8. The Bertz CT molecular complexity index is 850. The second-order valence-corrected chi connectivity index (χ2v) is 4.92. The van der Waals surface area contributed by atoms with Gasteiger partial charge in [0.15, 0.2) is 0 Å². The summed E-state index contributed by atoms with van der Waals surface area (Å²) in [5.74, 6) is -0.933.